The van der Waals surface area contributed by atoms with Crippen molar-refractivity contribution in [3.05, 3.63) is 182 Å². The van der Waals surface area contributed by atoms with Crippen molar-refractivity contribution in [1.82, 2.24) is 28.9 Å². The maximum Gasteiger partial charge on any atom is 0.164 e. The molecule has 4 aromatic heterocycles. The molecule has 0 fully saturated rings. The lowest BCUT2D eigenvalue weighted by molar-refractivity contribution is 1.07. The molecule has 10 rings (SSSR count). The van der Waals surface area contributed by atoms with E-state index in [2.05, 4.69) is 106 Å². The van der Waals surface area contributed by atoms with Crippen LogP contribution in [0.5, 0.6) is 0 Å². The average Bonchev–Trinajstić information content (AvgIpc) is 3.81. The van der Waals surface area contributed by atoms with Crippen molar-refractivity contribution in [1.29, 1.82) is 0 Å². The van der Waals surface area contributed by atoms with E-state index in [9.17, 15) is 0 Å². The van der Waals surface area contributed by atoms with E-state index in [1.54, 1.807) is 0 Å². The Morgan fingerprint density at radius 3 is 1.48 bits per heavy atom. The van der Waals surface area contributed by atoms with Crippen LogP contribution in [0.15, 0.2) is 182 Å². The SMILES string of the molecule is c1ccc(-c2nc(-c3ccccc3)nc(-c3ccc4c5ccc(-c6ccc(-c7cn8ccccc8n7)cc6)cc5n(-c5ccccc5)c4c3)n2)cc1. The topological polar surface area (TPSA) is 60.9 Å². The predicted octanol–water partition coefficient (Wildman–Crippen LogP) is 11.0. The maximum atomic E-state index is 5.02. The molecule has 4 heterocycles. The molecular weight excluding hydrogens is 637 g/mol. The van der Waals surface area contributed by atoms with Crippen molar-refractivity contribution in [3.63, 3.8) is 0 Å². The summed E-state index contributed by atoms with van der Waals surface area (Å²) >= 11 is 0. The Morgan fingerprint density at radius 2 is 0.865 bits per heavy atom. The Kier molecular flexibility index (Phi) is 7.03. The summed E-state index contributed by atoms with van der Waals surface area (Å²) in [5.41, 5.74) is 11.4. The standard InChI is InChI=1S/C46H30N6/c1-4-12-33(13-5-1)44-48-45(34-14-6-2-7-15-34)50-46(49-44)36-24-26-39-38-25-23-35(28-41(38)52(42(39)29-36)37-16-8-3-9-17-37)31-19-21-32(22-20-31)40-30-51-27-11-10-18-43(51)47-40/h1-30H. The molecule has 0 aliphatic rings. The maximum absolute atomic E-state index is 5.02. The normalized spacial score (nSPS) is 11.5. The highest BCUT2D eigenvalue weighted by atomic mass is 15.0. The Balaban J connectivity index is 1.11. The number of imidazole rings is 1. The zero-order valence-corrected chi connectivity index (χ0v) is 28.0. The van der Waals surface area contributed by atoms with Gasteiger partial charge < -0.3 is 8.97 Å². The summed E-state index contributed by atoms with van der Waals surface area (Å²) in [5.74, 6) is 1.92. The third-order valence-electron chi connectivity index (χ3n) is 9.62. The van der Waals surface area contributed by atoms with Crippen LogP contribution in [0.25, 0.3) is 89.7 Å². The van der Waals surface area contributed by atoms with Gasteiger partial charge >= 0.3 is 0 Å². The highest BCUT2D eigenvalue weighted by molar-refractivity contribution is 6.11. The van der Waals surface area contributed by atoms with Gasteiger partial charge in [0.1, 0.15) is 5.65 Å². The molecule has 244 valence electrons. The Bertz CT molecular complexity index is 2780. The molecule has 0 atom stereocenters. The molecule has 0 bridgehead atoms. The molecule has 0 spiro atoms. The molecule has 0 unspecified atom stereocenters. The second kappa shape index (κ2) is 12.3. The van der Waals surface area contributed by atoms with Crippen LogP contribution in [0, 0.1) is 0 Å². The quantitative estimate of drug-likeness (QED) is 0.177. The van der Waals surface area contributed by atoms with E-state index in [4.69, 9.17) is 19.9 Å². The van der Waals surface area contributed by atoms with Crippen LogP contribution in [0.2, 0.25) is 0 Å². The highest BCUT2D eigenvalue weighted by Gasteiger charge is 2.17. The second-order valence-corrected chi connectivity index (χ2v) is 12.8. The number of benzene rings is 6. The summed E-state index contributed by atoms with van der Waals surface area (Å²) in [6, 6.07) is 58.8. The van der Waals surface area contributed by atoms with Gasteiger partial charge in [0, 0.05) is 51.1 Å². The first-order chi connectivity index (χ1) is 25.7. The van der Waals surface area contributed by atoms with Crippen LogP contribution in [0.3, 0.4) is 0 Å². The summed E-state index contributed by atoms with van der Waals surface area (Å²) in [4.78, 5) is 19.8. The molecule has 6 nitrogen and oxygen atoms in total. The molecule has 6 aromatic carbocycles. The number of rotatable bonds is 6. The van der Waals surface area contributed by atoms with Crippen LogP contribution in [0.4, 0.5) is 0 Å². The molecule has 0 radical (unpaired) electrons. The van der Waals surface area contributed by atoms with Crippen LogP contribution < -0.4 is 0 Å². The van der Waals surface area contributed by atoms with Gasteiger partial charge in [-0.05, 0) is 47.5 Å². The molecule has 0 saturated carbocycles. The largest absolute Gasteiger partial charge is 0.309 e. The van der Waals surface area contributed by atoms with Gasteiger partial charge in [0.05, 0.1) is 16.7 Å². The lowest BCUT2D eigenvalue weighted by Crippen LogP contribution is -2.00. The molecule has 52 heavy (non-hydrogen) atoms. The van der Waals surface area contributed by atoms with Gasteiger partial charge in [0.25, 0.3) is 0 Å². The van der Waals surface area contributed by atoms with Gasteiger partial charge in [-0.3, -0.25) is 0 Å². The average molecular weight is 667 g/mol. The number of aromatic nitrogens is 6. The Labute approximate surface area is 300 Å². The minimum absolute atomic E-state index is 0.630. The fraction of sp³-hybridized carbons (Fsp3) is 0. The lowest BCUT2D eigenvalue weighted by Gasteiger charge is -2.11. The smallest absolute Gasteiger partial charge is 0.164 e. The monoisotopic (exact) mass is 666 g/mol. The molecule has 0 amide bonds. The van der Waals surface area contributed by atoms with E-state index in [-0.39, 0.29) is 0 Å². The van der Waals surface area contributed by atoms with Crippen molar-refractivity contribution in [2.45, 2.75) is 0 Å². The fourth-order valence-electron chi connectivity index (χ4n) is 7.04. The van der Waals surface area contributed by atoms with Gasteiger partial charge in [0.15, 0.2) is 17.5 Å². The highest BCUT2D eigenvalue weighted by Crippen LogP contribution is 2.37. The molecule has 10 aromatic rings. The van der Waals surface area contributed by atoms with Crippen molar-refractivity contribution < 1.29 is 0 Å². The number of pyridine rings is 1. The van der Waals surface area contributed by atoms with Gasteiger partial charge in [0.2, 0.25) is 0 Å². The van der Waals surface area contributed by atoms with Crippen LogP contribution in [-0.2, 0) is 0 Å². The number of hydrogen-bond donors (Lipinski definition) is 0. The molecule has 0 aliphatic carbocycles. The molecule has 0 saturated heterocycles. The third-order valence-corrected chi connectivity index (χ3v) is 9.62. The van der Waals surface area contributed by atoms with Crippen LogP contribution in [0.1, 0.15) is 0 Å². The van der Waals surface area contributed by atoms with Gasteiger partial charge in [-0.15, -0.1) is 0 Å². The van der Waals surface area contributed by atoms with E-state index in [0.29, 0.717) is 17.5 Å². The second-order valence-electron chi connectivity index (χ2n) is 12.8. The first-order valence-electron chi connectivity index (χ1n) is 17.3. The summed E-state index contributed by atoms with van der Waals surface area (Å²) < 4.78 is 4.40. The van der Waals surface area contributed by atoms with E-state index in [0.717, 1.165) is 66.8 Å². The van der Waals surface area contributed by atoms with E-state index in [1.165, 1.54) is 5.39 Å². The number of fused-ring (bicyclic) bond motifs is 4. The van der Waals surface area contributed by atoms with Crippen LogP contribution in [-0.4, -0.2) is 28.9 Å². The first-order valence-corrected chi connectivity index (χ1v) is 17.3. The minimum Gasteiger partial charge on any atom is -0.309 e. The number of hydrogen-bond acceptors (Lipinski definition) is 4. The molecule has 0 N–H and O–H groups in total. The Hall–Kier alpha value is -7.18. The number of nitrogens with zero attached hydrogens (tertiary/aromatic N) is 6. The van der Waals surface area contributed by atoms with Crippen LogP contribution >= 0.6 is 0 Å². The summed E-state index contributed by atoms with van der Waals surface area (Å²) in [7, 11) is 0. The van der Waals surface area contributed by atoms with E-state index >= 15 is 0 Å². The van der Waals surface area contributed by atoms with E-state index in [1.807, 2.05) is 85.1 Å². The fourth-order valence-corrected chi connectivity index (χ4v) is 7.04. The molecular formula is C46H30N6. The zero-order valence-electron chi connectivity index (χ0n) is 28.0. The van der Waals surface area contributed by atoms with Crippen molar-refractivity contribution in [3.8, 4) is 62.2 Å². The molecule has 0 aliphatic heterocycles. The Morgan fingerprint density at radius 1 is 0.365 bits per heavy atom. The van der Waals surface area contributed by atoms with Gasteiger partial charge in [-0.1, -0.05) is 133 Å². The van der Waals surface area contributed by atoms with E-state index < -0.39 is 0 Å². The first kappa shape index (κ1) is 29.7. The zero-order chi connectivity index (χ0) is 34.4. The minimum atomic E-state index is 0.630. The third kappa shape index (κ3) is 5.22. The van der Waals surface area contributed by atoms with Crippen molar-refractivity contribution >= 4 is 27.5 Å². The number of para-hydroxylation sites is 1. The predicted molar refractivity (Wildman–Crippen MR) is 210 cm³/mol. The van der Waals surface area contributed by atoms with Crippen molar-refractivity contribution in [2.24, 2.45) is 0 Å². The lowest BCUT2D eigenvalue weighted by atomic mass is 10.0. The summed E-state index contributed by atoms with van der Waals surface area (Å²) in [5, 5.41) is 2.35. The molecule has 6 heteroatoms. The summed E-state index contributed by atoms with van der Waals surface area (Å²) in [6.07, 6.45) is 4.10. The summed E-state index contributed by atoms with van der Waals surface area (Å²) in [6.45, 7) is 0. The van der Waals surface area contributed by atoms with Gasteiger partial charge in [-0.25, -0.2) is 19.9 Å². The van der Waals surface area contributed by atoms with Gasteiger partial charge in [-0.2, -0.15) is 0 Å². The van der Waals surface area contributed by atoms with Crippen molar-refractivity contribution in [2.75, 3.05) is 0 Å².